The molecule has 0 aliphatic rings. The number of ketones is 1. The summed E-state index contributed by atoms with van der Waals surface area (Å²) in [5, 5.41) is 6.43. The van der Waals surface area contributed by atoms with E-state index in [-0.39, 0.29) is 5.78 Å². The molecule has 0 saturated heterocycles. The van der Waals surface area contributed by atoms with Gasteiger partial charge in [0.2, 0.25) is 0 Å². The monoisotopic (exact) mass is 328 g/mol. The van der Waals surface area contributed by atoms with E-state index in [1.54, 1.807) is 4.68 Å². The highest BCUT2D eigenvalue weighted by molar-refractivity contribution is 9.10. The van der Waals surface area contributed by atoms with Crippen LogP contribution in [0.4, 0.5) is 0 Å². The van der Waals surface area contributed by atoms with Gasteiger partial charge < -0.3 is 0 Å². The van der Waals surface area contributed by atoms with Crippen molar-refractivity contribution < 1.29 is 4.79 Å². The molecule has 3 aromatic rings. The Morgan fingerprint density at radius 2 is 1.90 bits per heavy atom. The van der Waals surface area contributed by atoms with Gasteiger partial charge in [-0.3, -0.25) is 9.48 Å². The molecule has 4 heteroatoms. The van der Waals surface area contributed by atoms with Crippen LogP contribution in [0, 0.1) is 0 Å². The number of hydrogen-bond donors (Lipinski definition) is 0. The smallest absolute Gasteiger partial charge is 0.168 e. The first-order valence-corrected chi connectivity index (χ1v) is 7.12. The van der Waals surface area contributed by atoms with Crippen molar-refractivity contribution in [2.45, 2.75) is 6.42 Å². The Morgan fingerprint density at radius 1 is 1.15 bits per heavy atom. The number of nitrogens with zero attached hydrogens (tertiary/aromatic N) is 2. The molecule has 3 rings (SSSR count). The lowest BCUT2D eigenvalue weighted by Gasteiger charge is -2.03. The van der Waals surface area contributed by atoms with Crippen LogP contribution < -0.4 is 0 Å². The van der Waals surface area contributed by atoms with Crippen molar-refractivity contribution in [3.8, 4) is 0 Å². The quantitative estimate of drug-likeness (QED) is 0.686. The fourth-order valence-corrected chi connectivity index (χ4v) is 2.59. The normalized spacial score (nSPS) is 10.9. The summed E-state index contributed by atoms with van der Waals surface area (Å²) in [4.78, 5) is 12.3. The van der Waals surface area contributed by atoms with E-state index in [1.165, 1.54) is 0 Å². The van der Waals surface area contributed by atoms with Gasteiger partial charge in [-0.2, -0.15) is 5.10 Å². The first kappa shape index (κ1) is 13.1. The lowest BCUT2D eigenvalue weighted by molar-refractivity contribution is 0.0992. The summed E-state index contributed by atoms with van der Waals surface area (Å²) in [5.74, 6) is 0.0912. The lowest BCUT2D eigenvalue weighted by Crippen LogP contribution is -2.04. The number of benzene rings is 2. The molecule has 0 amide bonds. The fourth-order valence-electron chi connectivity index (χ4n) is 2.21. The van der Waals surface area contributed by atoms with Crippen LogP contribution in [-0.4, -0.2) is 15.6 Å². The number of aromatic nitrogens is 2. The van der Waals surface area contributed by atoms with Gasteiger partial charge in [0.1, 0.15) is 0 Å². The average Bonchev–Trinajstić information content (AvgIpc) is 2.83. The zero-order valence-electron chi connectivity index (χ0n) is 11.0. The standard InChI is InChI=1S/C16H13BrN2O/c1-19-7-6-15(18-19)10-16(20)13-3-2-12-9-14(17)5-4-11(12)8-13/h2-9H,10H2,1H3. The Hall–Kier alpha value is -1.94. The molecule has 0 radical (unpaired) electrons. The molecule has 2 aromatic carbocycles. The van der Waals surface area contributed by atoms with Crippen LogP contribution in [0.5, 0.6) is 0 Å². The molecule has 3 nitrogen and oxygen atoms in total. The van der Waals surface area contributed by atoms with Gasteiger partial charge in [0.25, 0.3) is 0 Å². The summed E-state index contributed by atoms with van der Waals surface area (Å²) in [5.41, 5.74) is 1.53. The minimum atomic E-state index is 0.0912. The number of carbonyl (C=O) groups excluding carboxylic acids is 1. The van der Waals surface area contributed by atoms with Crippen molar-refractivity contribution in [3.63, 3.8) is 0 Å². The number of fused-ring (bicyclic) bond motifs is 1. The molecular formula is C16H13BrN2O. The third-order valence-corrected chi connectivity index (χ3v) is 3.73. The van der Waals surface area contributed by atoms with Crippen molar-refractivity contribution in [2.24, 2.45) is 7.05 Å². The van der Waals surface area contributed by atoms with E-state index in [0.29, 0.717) is 6.42 Å². The molecule has 0 N–H and O–H groups in total. The highest BCUT2D eigenvalue weighted by Crippen LogP contribution is 2.21. The van der Waals surface area contributed by atoms with Gasteiger partial charge in [0.05, 0.1) is 12.1 Å². The van der Waals surface area contributed by atoms with Crippen LogP contribution in [0.1, 0.15) is 16.1 Å². The van der Waals surface area contributed by atoms with Crippen LogP contribution in [0.2, 0.25) is 0 Å². The molecule has 1 aromatic heterocycles. The SMILES string of the molecule is Cn1ccc(CC(=O)c2ccc3cc(Br)ccc3c2)n1. The second-order valence-electron chi connectivity index (χ2n) is 4.79. The third kappa shape index (κ3) is 2.65. The number of carbonyl (C=O) groups is 1. The fraction of sp³-hybridized carbons (Fsp3) is 0.125. The van der Waals surface area contributed by atoms with Gasteiger partial charge in [0, 0.05) is 23.3 Å². The van der Waals surface area contributed by atoms with E-state index < -0.39 is 0 Å². The molecule has 1 heterocycles. The summed E-state index contributed by atoms with van der Waals surface area (Å²) >= 11 is 3.45. The molecule has 0 unspecified atom stereocenters. The molecule has 0 saturated carbocycles. The zero-order valence-corrected chi connectivity index (χ0v) is 12.6. The maximum Gasteiger partial charge on any atom is 0.168 e. The summed E-state index contributed by atoms with van der Waals surface area (Å²) < 4.78 is 2.75. The van der Waals surface area contributed by atoms with E-state index in [1.807, 2.05) is 55.7 Å². The number of hydrogen-bond acceptors (Lipinski definition) is 2. The third-order valence-electron chi connectivity index (χ3n) is 3.23. The maximum absolute atomic E-state index is 12.3. The summed E-state index contributed by atoms with van der Waals surface area (Å²) in [6, 6.07) is 13.7. The molecule has 20 heavy (non-hydrogen) atoms. The average molecular weight is 329 g/mol. The zero-order chi connectivity index (χ0) is 14.1. The number of rotatable bonds is 3. The Morgan fingerprint density at radius 3 is 2.65 bits per heavy atom. The topological polar surface area (TPSA) is 34.9 Å². The second-order valence-corrected chi connectivity index (χ2v) is 5.70. The van der Waals surface area contributed by atoms with Crippen molar-refractivity contribution in [1.82, 2.24) is 9.78 Å². The minimum absolute atomic E-state index is 0.0912. The second kappa shape index (κ2) is 5.21. The summed E-state index contributed by atoms with van der Waals surface area (Å²) in [6.07, 6.45) is 2.18. The lowest BCUT2D eigenvalue weighted by atomic mass is 10.0. The predicted molar refractivity (Wildman–Crippen MR) is 82.9 cm³/mol. The molecule has 0 atom stereocenters. The highest BCUT2D eigenvalue weighted by atomic mass is 79.9. The van der Waals surface area contributed by atoms with Crippen molar-refractivity contribution in [1.29, 1.82) is 0 Å². The van der Waals surface area contributed by atoms with E-state index in [4.69, 9.17) is 0 Å². The summed E-state index contributed by atoms with van der Waals surface area (Å²) in [7, 11) is 1.85. The molecule has 0 bridgehead atoms. The molecule has 0 aliphatic heterocycles. The van der Waals surface area contributed by atoms with Crippen LogP contribution in [0.25, 0.3) is 10.8 Å². The van der Waals surface area contributed by atoms with Crippen LogP contribution in [0.15, 0.2) is 53.1 Å². The van der Waals surface area contributed by atoms with Crippen LogP contribution in [-0.2, 0) is 13.5 Å². The molecular weight excluding hydrogens is 316 g/mol. The maximum atomic E-state index is 12.3. The highest BCUT2D eigenvalue weighted by Gasteiger charge is 2.09. The first-order chi connectivity index (χ1) is 9.61. The number of aryl methyl sites for hydroxylation is 1. The van der Waals surface area contributed by atoms with Gasteiger partial charge >= 0.3 is 0 Å². The van der Waals surface area contributed by atoms with Gasteiger partial charge in [-0.25, -0.2) is 0 Å². The minimum Gasteiger partial charge on any atom is -0.294 e. The Balaban J connectivity index is 1.89. The number of halogens is 1. The van der Waals surface area contributed by atoms with Crippen molar-refractivity contribution in [2.75, 3.05) is 0 Å². The van der Waals surface area contributed by atoms with Gasteiger partial charge in [-0.1, -0.05) is 34.1 Å². The van der Waals surface area contributed by atoms with E-state index in [2.05, 4.69) is 21.0 Å². The van der Waals surface area contributed by atoms with Crippen molar-refractivity contribution >= 4 is 32.5 Å². The van der Waals surface area contributed by atoms with Gasteiger partial charge in [0.15, 0.2) is 5.78 Å². The predicted octanol–water partition coefficient (Wildman–Crippen LogP) is 3.76. The van der Waals surface area contributed by atoms with E-state index >= 15 is 0 Å². The Bertz CT molecular complexity index is 792. The molecule has 0 fully saturated rings. The first-order valence-electron chi connectivity index (χ1n) is 6.33. The Labute approximate surface area is 125 Å². The van der Waals surface area contributed by atoms with Crippen LogP contribution >= 0.6 is 15.9 Å². The van der Waals surface area contributed by atoms with Gasteiger partial charge in [-0.15, -0.1) is 0 Å². The number of Topliss-reactive ketones (excluding diaryl/α,β-unsaturated/α-hetero) is 1. The summed E-state index contributed by atoms with van der Waals surface area (Å²) in [6.45, 7) is 0. The Kier molecular flexibility index (Phi) is 3.40. The molecule has 0 aliphatic carbocycles. The molecule has 0 spiro atoms. The van der Waals surface area contributed by atoms with Crippen LogP contribution in [0.3, 0.4) is 0 Å². The largest absolute Gasteiger partial charge is 0.294 e. The molecule has 100 valence electrons. The van der Waals surface area contributed by atoms with Crippen molar-refractivity contribution in [3.05, 3.63) is 64.4 Å². The van der Waals surface area contributed by atoms with Gasteiger partial charge in [-0.05, 0) is 35.0 Å². The van der Waals surface area contributed by atoms with E-state index in [9.17, 15) is 4.79 Å². The van der Waals surface area contributed by atoms with E-state index in [0.717, 1.165) is 26.5 Å².